The number of rotatable bonds is 3. The molecule has 2 amide bonds. The molecule has 3 atom stereocenters. The summed E-state index contributed by atoms with van der Waals surface area (Å²) in [6.07, 6.45) is 2.80. The minimum atomic E-state index is -0.309. The molecule has 19 heavy (non-hydrogen) atoms. The van der Waals surface area contributed by atoms with Crippen LogP contribution < -0.4 is 5.32 Å². The fourth-order valence-corrected chi connectivity index (χ4v) is 2.76. The smallest absolute Gasteiger partial charge is 0.246 e. The van der Waals surface area contributed by atoms with Crippen molar-refractivity contribution in [2.24, 2.45) is 11.3 Å². The molecule has 2 rings (SSSR count). The Labute approximate surface area is 115 Å². The van der Waals surface area contributed by atoms with Gasteiger partial charge in [-0.2, -0.15) is 0 Å². The van der Waals surface area contributed by atoms with Crippen LogP contribution in [0.1, 0.15) is 53.9 Å². The molecule has 0 radical (unpaired) electrons. The molecule has 2 fully saturated rings. The number of nitrogens with zero attached hydrogens (tertiary/aromatic N) is 1. The van der Waals surface area contributed by atoms with Crippen molar-refractivity contribution in [1.29, 1.82) is 0 Å². The summed E-state index contributed by atoms with van der Waals surface area (Å²) < 4.78 is 0. The average Bonchev–Trinajstić information content (AvgIpc) is 3.13. The van der Waals surface area contributed by atoms with Gasteiger partial charge in [0, 0.05) is 6.04 Å². The maximum Gasteiger partial charge on any atom is 0.246 e. The monoisotopic (exact) mass is 266 g/mol. The molecule has 108 valence electrons. The highest BCUT2D eigenvalue weighted by Gasteiger charge is 2.49. The van der Waals surface area contributed by atoms with Crippen molar-refractivity contribution in [2.75, 3.05) is 0 Å². The molecule has 0 aromatic rings. The largest absolute Gasteiger partial charge is 0.342 e. The molecular weight excluding hydrogens is 240 g/mol. The Kier molecular flexibility index (Phi) is 3.63. The summed E-state index contributed by atoms with van der Waals surface area (Å²) in [6, 6.07) is -0.519. The Morgan fingerprint density at radius 3 is 2.32 bits per heavy atom. The molecule has 3 unspecified atom stereocenters. The lowest BCUT2D eigenvalue weighted by molar-refractivity contribution is -0.155. The summed E-state index contributed by atoms with van der Waals surface area (Å²) in [5.74, 6) is 0.510. The molecule has 4 nitrogen and oxygen atoms in total. The van der Waals surface area contributed by atoms with E-state index in [1.54, 1.807) is 0 Å². The summed E-state index contributed by atoms with van der Waals surface area (Å²) in [6.45, 7) is 10.4. The highest BCUT2D eigenvalue weighted by molar-refractivity contribution is 5.97. The van der Waals surface area contributed by atoms with Crippen molar-refractivity contribution in [2.45, 2.75) is 72.0 Å². The summed E-state index contributed by atoms with van der Waals surface area (Å²) in [5.41, 5.74) is -0.0190. The SMILES string of the molecule is CCC1C(=O)NC(C2CC2)C(=O)N1C(C)C(C)(C)C. The van der Waals surface area contributed by atoms with Gasteiger partial charge < -0.3 is 10.2 Å². The van der Waals surface area contributed by atoms with E-state index in [9.17, 15) is 9.59 Å². The van der Waals surface area contributed by atoms with Gasteiger partial charge in [0.25, 0.3) is 0 Å². The van der Waals surface area contributed by atoms with Gasteiger partial charge in [0.05, 0.1) is 0 Å². The van der Waals surface area contributed by atoms with Crippen molar-refractivity contribution < 1.29 is 9.59 Å². The number of piperazine rings is 1. The fraction of sp³-hybridized carbons (Fsp3) is 0.867. The Morgan fingerprint density at radius 1 is 1.32 bits per heavy atom. The predicted octanol–water partition coefficient (Wildman–Crippen LogP) is 1.94. The number of hydrogen-bond acceptors (Lipinski definition) is 2. The second-order valence-corrected chi connectivity index (χ2v) is 7.04. The van der Waals surface area contributed by atoms with Crippen molar-refractivity contribution in [1.82, 2.24) is 10.2 Å². The van der Waals surface area contributed by atoms with E-state index in [0.29, 0.717) is 12.3 Å². The van der Waals surface area contributed by atoms with Crippen molar-refractivity contribution >= 4 is 11.8 Å². The molecule has 0 aromatic heterocycles. The quantitative estimate of drug-likeness (QED) is 0.848. The van der Waals surface area contributed by atoms with Crippen LogP contribution in [0.5, 0.6) is 0 Å². The number of hydrogen-bond donors (Lipinski definition) is 1. The second-order valence-electron chi connectivity index (χ2n) is 7.04. The first kappa shape index (κ1) is 14.4. The van der Waals surface area contributed by atoms with Crippen LogP contribution in [0.15, 0.2) is 0 Å². The Balaban J connectivity index is 2.28. The van der Waals surface area contributed by atoms with Crippen LogP contribution in [0.2, 0.25) is 0 Å². The molecular formula is C15H26N2O2. The van der Waals surface area contributed by atoms with Crippen LogP contribution in [0, 0.1) is 11.3 Å². The Bertz CT molecular complexity index is 382. The normalized spacial score (nSPS) is 30.3. The Hall–Kier alpha value is -1.06. The van der Waals surface area contributed by atoms with Gasteiger partial charge in [0.2, 0.25) is 11.8 Å². The lowest BCUT2D eigenvalue weighted by Gasteiger charge is -2.46. The maximum absolute atomic E-state index is 12.7. The summed E-state index contributed by atoms with van der Waals surface area (Å²) in [4.78, 5) is 26.8. The predicted molar refractivity (Wildman–Crippen MR) is 74.5 cm³/mol. The van der Waals surface area contributed by atoms with Gasteiger partial charge in [-0.15, -0.1) is 0 Å². The van der Waals surface area contributed by atoms with E-state index >= 15 is 0 Å². The molecule has 1 aliphatic heterocycles. The summed E-state index contributed by atoms with van der Waals surface area (Å²) >= 11 is 0. The first-order valence-electron chi connectivity index (χ1n) is 7.40. The fourth-order valence-electron chi connectivity index (χ4n) is 2.76. The molecule has 1 saturated carbocycles. The first-order valence-corrected chi connectivity index (χ1v) is 7.40. The minimum Gasteiger partial charge on any atom is -0.342 e. The highest BCUT2D eigenvalue weighted by Crippen LogP contribution is 2.37. The third kappa shape index (κ3) is 2.63. The van der Waals surface area contributed by atoms with Gasteiger partial charge in [-0.3, -0.25) is 9.59 Å². The van der Waals surface area contributed by atoms with E-state index in [1.807, 2.05) is 11.8 Å². The molecule has 0 aromatic carbocycles. The second kappa shape index (κ2) is 4.80. The van der Waals surface area contributed by atoms with Crippen molar-refractivity contribution in [3.8, 4) is 0 Å². The van der Waals surface area contributed by atoms with Crippen molar-refractivity contribution in [3.05, 3.63) is 0 Å². The minimum absolute atomic E-state index is 0.0190. The van der Waals surface area contributed by atoms with Gasteiger partial charge in [0.1, 0.15) is 12.1 Å². The third-order valence-electron chi connectivity index (χ3n) is 4.61. The maximum atomic E-state index is 12.7. The van der Waals surface area contributed by atoms with Crippen LogP contribution in [-0.2, 0) is 9.59 Å². The van der Waals surface area contributed by atoms with Crippen LogP contribution in [0.25, 0.3) is 0 Å². The zero-order valence-corrected chi connectivity index (χ0v) is 12.7. The number of amides is 2. The number of carbonyl (C=O) groups is 2. The van der Waals surface area contributed by atoms with E-state index < -0.39 is 0 Å². The van der Waals surface area contributed by atoms with E-state index in [0.717, 1.165) is 12.8 Å². The van der Waals surface area contributed by atoms with E-state index in [-0.39, 0.29) is 35.4 Å². The van der Waals surface area contributed by atoms with Crippen LogP contribution in [0.4, 0.5) is 0 Å². The number of carbonyl (C=O) groups excluding carboxylic acids is 2. The van der Waals surface area contributed by atoms with Gasteiger partial charge in [-0.1, -0.05) is 27.7 Å². The van der Waals surface area contributed by atoms with E-state index in [1.165, 1.54) is 0 Å². The van der Waals surface area contributed by atoms with Gasteiger partial charge in [-0.05, 0) is 37.5 Å². The van der Waals surface area contributed by atoms with Crippen LogP contribution >= 0.6 is 0 Å². The molecule has 0 spiro atoms. The average molecular weight is 266 g/mol. The molecule has 0 bridgehead atoms. The van der Waals surface area contributed by atoms with Crippen molar-refractivity contribution in [3.63, 3.8) is 0 Å². The van der Waals surface area contributed by atoms with Gasteiger partial charge in [0.15, 0.2) is 0 Å². The van der Waals surface area contributed by atoms with Gasteiger partial charge in [-0.25, -0.2) is 0 Å². The Morgan fingerprint density at radius 2 is 1.89 bits per heavy atom. The van der Waals surface area contributed by atoms with Crippen LogP contribution in [0.3, 0.4) is 0 Å². The molecule has 1 aliphatic carbocycles. The highest BCUT2D eigenvalue weighted by atomic mass is 16.2. The summed E-state index contributed by atoms with van der Waals surface area (Å²) in [7, 11) is 0. The third-order valence-corrected chi connectivity index (χ3v) is 4.61. The number of nitrogens with one attached hydrogen (secondary N) is 1. The standard InChI is InChI=1S/C15H26N2O2/c1-6-11-13(18)16-12(10-7-8-10)14(19)17(11)9(2)15(3,4)5/h9-12H,6-8H2,1-5H3,(H,16,18). The zero-order chi connectivity index (χ0) is 14.4. The molecule has 1 heterocycles. The summed E-state index contributed by atoms with van der Waals surface area (Å²) in [5, 5.41) is 2.94. The van der Waals surface area contributed by atoms with E-state index in [4.69, 9.17) is 0 Å². The first-order chi connectivity index (χ1) is 8.77. The van der Waals surface area contributed by atoms with Crippen LogP contribution in [-0.4, -0.2) is 34.8 Å². The molecule has 1 N–H and O–H groups in total. The topological polar surface area (TPSA) is 49.4 Å². The van der Waals surface area contributed by atoms with Gasteiger partial charge >= 0.3 is 0 Å². The molecule has 4 heteroatoms. The lowest BCUT2D eigenvalue weighted by atomic mass is 9.84. The molecule has 2 aliphatic rings. The lowest BCUT2D eigenvalue weighted by Crippen LogP contribution is -2.67. The zero-order valence-electron chi connectivity index (χ0n) is 12.7. The van der Waals surface area contributed by atoms with E-state index in [2.05, 4.69) is 33.0 Å². The molecule has 1 saturated heterocycles.